The topological polar surface area (TPSA) is 45.2 Å². The maximum absolute atomic E-state index is 13.1. The van der Waals surface area contributed by atoms with Gasteiger partial charge in [0.2, 0.25) is 5.91 Å². The monoisotopic (exact) mass is 365 g/mol. The van der Waals surface area contributed by atoms with Crippen LogP contribution in [0.25, 0.3) is 0 Å². The summed E-state index contributed by atoms with van der Waals surface area (Å²) in [4.78, 5) is 19.7. The standard InChI is InChI=1S/C23H31N3O/c1-2-19-8-10-20(11-9-19)12-13-23(27)26(18-21-6-3-4-16-25-21)22-7-5-15-24-17-14-22/h3-4,6,8-11,16,22,24H,2,5,7,12-15,17-18H2,1H3. The predicted octanol–water partition coefficient (Wildman–Crippen LogP) is 3.75. The first-order chi connectivity index (χ1) is 13.3. The van der Waals surface area contributed by atoms with Gasteiger partial charge >= 0.3 is 0 Å². The van der Waals surface area contributed by atoms with Crippen molar-refractivity contribution in [2.24, 2.45) is 0 Å². The summed E-state index contributed by atoms with van der Waals surface area (Å²) in [6, 6.07) is 14.9. The molecule has 1 aliphatic heterocycles. The molecule has 1 aromatic heterocycles. The number of hydrogen-bond acceptors (Lipinski definition) is 3. The third-order valence-corrected chi connectivity index (χ3v) is 5.42. The summed E-state index contributed by atoms with van der Waals surface area (Å²) in [5, 5.41) is 3.45. The van der Waals surface area contributed by atoms with E-state index in [9.17, 15) is 4.79 Å². The van der Waals surface area contributed by atoms with Gasteiger partial charge in [-0.25, -0.2) is 0 Å². The van der Waals surface area contributed by atoms with Crippen molar-refractivity contribution in [1.82, 2.24) is 15.2 Å². The number of carbonyl (C=O) groups is 1. The molecule has 4 nitrogen and oxygen atoms in total. The summed E-state index contributed by atoms with van der Waals surface area (Å²) in [6.07, 6.45) is 7.42. The fraction of sp³-hybridized carbons (Fsp3) is 0.478. The van der Waals surface area contributed by atoms with Crippen LogP contribution in [0.5, 0.6) is 0 Å². The molecule has 4 heteroatoms. The van der Waals surface area contributed by atoms with Crippen LogP contribution in [0, 0.1) is 0 Å². The number of carbonyl (C=O) groups excluding carboxylic acids is 1. The van der Waals surface area contributed by atoms with E-state index in [1.165, 1.54) is 11.1 Å². The fourth-order valence-corrected chi connectivity index (χ4v) is 3.74. The number of nitrogens with zero attached hydrogens (tertiary/aromatic N) is 2. The van der Waals surface area contributed by atoms with Gasteiger partial charge in [0.1, 0.15) is 0 Å². The summed E-state index contributed by atoms with van der Waals surface area (Å²) in [6.45, 7) is 4.80. The highest BCUT2D eigenvalue weighted by Gasteiger charge is 2.24. The van der Waals surface area contributed by atoms with Crippen LogP contribution >= 0.6 is 0 Å². The molecule has 3 rings (SSSR count). The molecule has 0 spiro atoms. The average molecular weight is 366 g/mol. The summed E-state index contributed by atoms with van der Waals surface area (Å²) in [5.41, 5.74) is 3.55. The van der Waals surface area contributed by atoms with Crippen LogP contribution in [0.15, 0.2) is 48.7 Å². The maximum Gasteiger partial charge on any atom is 0.223 e. The Morgan fingerprint density at radius 1 is 1.11 bits per heavy atom. The van der Waals surface area contributed by atoms with Gasteiger partial charge in [-0.3, -0.25) is 9.78 Å². The van der Waals surface area contributed by atoms with Gasteiger partial charge in [0.15, 0.2) is 0 Å². The van der Waals surface area contributed by atoms with E-state index in [4.69, 9.17) is 0 Å². The van der Waals surface area contributed by atoms with E-state index in [-0.39, 0.29) is 5.91 Å². The molecule has 144 valence electrons. The zero-order valence-electron chi connectivity index (χ0n) is 16.4. The number of hydrogen-bond donors (Lipinski definition) is 1. The van der Waals surface area contributed by atoms with Crippen LogP contribution in [0.2, 0.25) is 0 Å². The van der Waals surface area contributed by atoms with Crippen molar-refractivity contribution in [2.75, 3.05) is 13.1 Å². The number of amides is 1. The number of aromatic nitrogens is 1. The first-order valence-electron chi connectivity index (χ1n) is 10.2. The number of rotatable bonds is 7. The Morgan fingerprint density at radius 3 is 2.67 bits per heavy atom. The molecule has 1 aromatic carbocycles. The lowest BCUT2D eigenvalue weighted by molar-refractivity contribution is -0.134. The molecule has 0 bridgehead atoms. The number of aryl methyl sites for hydroxylation is 2. The van der Waals surface area contributed by atoms with Crippen molar-refractivity contribution in [1.29, 1.82) is 0 Å². The third kappa shape index (κ3) is 5.90. The summed E-state index contributed by atoms with van der Waals surface area (Å²) in [5.74, 6) is 0.243. The van der Waals surface area contributed by atoms with E-state index in [2.05, 4.69) is 46.4 Å². The Hall–Kier alpha value is -2.20. The van der Waals surface area contributed by atoms with Gasteiger partial charge in [-0.05, 0) is 68.5 Å². The molecule has 1 saturated heterocycles. The third-order valence-electron chi connectivity index (χ3n) is 5.42. The fourth-order valence-electron chi connectivity index (χ4n) is 3.74. The quantitative estimate of drug-likeness (QED) is 0.813. The van der Waals surface area contributed by atoms with E-state index in [1.807, 2.05) is 24.4 Å². The molecule has 27 heavy (non-hydrogen) atoms. The van der Waals surface area contributed by atoms with Crippen LogP contribution in [-0.4, -0.2) is 34.9 Å². The molecule has 1 amide bonds. The van der Waals surface area contributed by atoms with E-state index in [1.54, 1.807) is 0 Å². The van der Waals surface area contributed by atoms with E-state index in [0.29, 0.717) is 19.0 Å². The van der Waals surface area contributed by atoms with Gasteiger partial charge < -0.3 is 10.2 Å². The smallest absolute Gasteiger partial charge is 0.223 e. The zero-order valence-corrected chi connectivity index (χ0v) is 16.4. The minimum absolute atomic E-state index is 0.243. The lowest BCUT2D eigenvalue weighted by atomic mass is 10.0. The Labute approximate surface area is 163 Å². The van der Waals surface area contributed by atoms with Crippen LogP contribution in [0.3, 0.4) is 0 Å². The number of pyridine rings is 1. The Kier molecular flexibility index (Phi) is 7.40. The Balaban J connectivity index is 1.66. The van der Waals surface area contributed by atoms with Crippen LogP contribution in [0.4, 0.5) is 0 Å². The van der Waals surface area contributed by atoms with Crippen LogP contribution in [0.1, 0.15) is 49.4 Å². The molecular weight excluding hydrogens is 334 g/mol. The first kappa shape index (κ1) is 19.6. The molecule has 1 unspecified atom stereocenters. The zero-order chi connectivity index (χ0) is 18.9. The normalized spacial score (nSPS) is 17.3. The van der Waals surface area contributed by atoms with E-state index >= 15 is 0 Å². The summed E-state index contributed by atoms with van der Waals surface area (Å²) < 4.78 is 0. The Morgan fingerprint density at radius 2 is 1.93 bits per heavy atom. The van der Waals surface area contributed by atoms with Crippen molar-refractivity contribution >= 4 is 5.91 Å². The van der Waals surface area contributed by atoms with Gasteiger partial charge in [0.05, 0.1) is 12.2 Å². The van der Waals surface area contributed by atoms with E-state index in [0.717, 1.165) is 50.9 Å². The molecule has 0 aliphatic carbocycles. The SMILES string of the molecule is CCc1ccc(CCC(=O)N(Cc2ccccn2)C2CCCNCC2)cc1. The lowest BCUT2D eigenvalue weighted by Crippen LogP contribution is -2.40. The second-order valence-corrected chi connectivity index (χ2v) is 7.35. The molecule has 0 saturated carbocycles. The molecular formula is C23H31N3O. The van der Waals surface area contributed by atoms with Crippen LogP contribution in [-0.2, 0) is 24.2 Å². The van der Waals surface area contributed by atoms with Crippen molar-refractivity contribution in [3.8, 4) is 0 Å². The van der Waals surface area contributed by atoms with Gasteiger partial charge in [0, 0.05) is 18.7 Å². The van der Waals surface area contributed by atoms with Crippen molar-refractivity contribution in [3.63, 3.8) is 0 Å². The van der Waals surface area contributed by atoms with Crippen molar-refractivity contribution in [2.45, 2.75) is 58.0 Å². The molecule has 1 atom stereocenters. The lowest BCUT2D eigenvalue weighted by Gasteiger charge is -2.31. The molecule has 1 aliphatic rings. The highest BCUT2D eigenvalue weighted by molar-refractivity contribution is 5.76. The predicted molar refractivity (Wildman–Crippen MR) is 109 cm³/mol. The molecule has 2 aromatic rings. The highest BCUT2D eigenvalue weighted by Crippen LogP contribution is 2.18. The summed E-state index contributed by atoms with van der Waals surface area (Å²) in [7, 11) is 0. The van der Waals surface area contributed by atoms with Crippen molar-refractivity contribution in [3.05, 3.63) is 65.5 Å². The molecule has 0 radical (unpaired) electrons. The van der Waals surface area contributed by atoms with Gasteiger partial charge in [-0.2, -0.15) is 0 Å². The average Bonchev–Trinajstić information content (AvgIpc) is 3.01. The minimum atomic E-state index is 0.243. The van der Waals surface area contributed by atoms with Gasteiger partial charge in [-0.15, -0.1) is 0 Å². The summed E-state index contributed by atoms with van der Waals surface area (Å²) >= 11 is 0. The second-order valence-electron chi connectivity index (χ2n) is 7.35. The maximum atomic E-state index is 13.1. The number of nitrogens with one attached hydrogen (secondary N) is 1. The van der Waals surface area contributed by atoms with E-state index < -0.39 is 0 Å². The molecule has 2 heterocycles. The molecule has 1 fully saturated rings. The van der Waals surface area contributed by atoms with Gasteiger partial charge in [0.25, 0.3) is 0 Å². The number of benzene rings is 1. The van der Waals surface area contributed by atoms with Gasteiger partial charge in [-0.1, -0.05) is 37.3 Å². The first-order valence-corrected chi connectivity index (χ1v) is 10.2. The second kappa shape index (κ2) is 10.2. The van der Waals surface area contributed by atoms with Crippen LogP contribution < -0.4 is 5.32 Å². The Bertz CT molecular complexity index is 691. The largest absolute Gasteiger partial charge is 0.334 e. The highest BCUT2D eigenvalue weighted by atomic mass is 16.2. The minimum Gasteiger partial charge on any atom is -0.334 e. The molecule has 1 N–H and O–H groups in total. The van der Waals surface area contributed by atoms with Crippen molar-refractivity contribution < 1.29 is 4.79 Å².